The van der Waals surface area contributed by atoms with Crippen molar-refractivity contribution < 1.29 is 13.2 Å². The van der Waals surface area contributed by atoms with Crippen molar-refractivity contribution in [3.8, 4) is 0 Å². The lowest BCUT2D eigenvalue weighted by molar-refractivity contribution is 0.447. The first-order chi connectivity index (χ1) is 10.1. The third kappa shape index (κ3) is 4.02. The third-order valence-corrected chi connectivity index (χ3v) is 2.87. The topological polar surface area (TPSA) is 24.7 Å². The molecule has 108 valence electrons. The summed E-state index contributed by atoms with van der Waals surface area (Å²) < 4.78 is 38.7. The molecule has 2 nitrogen and oxygen atoms in total. The second-order valence-corrected chi connectivity index (χ2v) is 4.38. The normalized spacial score (nSPS) is 11.6. The molecule has 5 heteroatoms. The molecule has 0 aliphatic heterocycles. The summed E-state index contributed by atoms with van der Waals surface area (Å²) in [5.41, 5.74) is 2.18. The van der Waals surface area contributed by atoms with Crippen molar-refractivity contribution in [1.29, 1.82) is 0 Å². The van der Waals surface area contributed by atoms with E-state index in [2.05, 4.69) is 17.1 Å². The number of nitrogens with zero attached hydrogens (tertiary/aromatic N) is 2. The summed E-state index contributed by atoms with van der Waals surface area (Å²) in [7, 11) is 0. The lowest BCUT2D eigenvalue weighted by Crippen LogP contribution is -1.93. The van der Waals surface area contributed by atoms with Crippen molar-refractivity contribution in [3.63, 3.8) is 0 Å². The van der Waals surface area contributed by atoms with Crippen molar-refractivity contribution in [1.82, 2.24) is 0 Å². The molecule has 0 spiro atoms. The quantitative estimate of drug-likeness (QED) is 0.460. The van der Waals surface area contributed by atoms with Crippen molar-refractivity contribution in [3.05, 3.63) is 70.5 Å². The summed E-state index contributed by atoms with van der Waals surface area (Å²) in [6.07, 6.45) is 3.63. The van der Waals surface area contributed by atoms with E-state index < -0.39 is 17.5 Å². The van der Waals surface area contributed by atoms with Gasteiger partial charge in [0.2, 0.25) is 0 Å². The summed E-state index contributed by atoms with van der Waals surface area (Å²) in [5, 5.41) is 7.46. The Morgan fingerprint density at radius 2 is 1.38 bits per heavy atom. The van der Waals surface area contributed by atoms with Crippen LogP contribution in [-0.2, 0) is 6.42 Å². The Morgan fingerprint density at radius 3 is 1.90 bits per heavy atom. The number of rotatable bonds is 4. The van der Waals surface area contributed by atoms with Crippen LogP contribution in [0.15, 0.2) is 46.6 Å². The fourth-order valence-electron chi connectivity index (χ4n) is 1.69. The largest absolute Gasteiger partial charge is 0.204 e. The molecule has 0 aliphatic carbocycles. The number of halogens is 3. The van der Waals surface area contributed by atoms with Gasteiger partial charge in [0.05, 0.1) is 12.4 Å². The standard InChI is InChI=1S/C16H13F3N2/c1-2-11-3-5-12(6-4-11)9-20-21-10-13-7-14(17)16(19)15(18)8-13/h3-10H,2H2,1H3. The highest BCUT2D eigenvalue weighted by Crippen LogP contribution is 2.12. The SMILES string of the molecule is CCc1ccc(C=NN=Cc2cc(F)c(F)c(F)c2)cc1. The average Bonchev–Trinajstić information content (AvgIpc) is 2.49. The van der Waals surface area contributed by atoms with Gasteiger partial charge in [-0.25, -0.2) is 13.2 Å². The van der Waals surface area contributed by atoms with Crippen LogP contribution in [0.4, 0.5) is 13.2 Å². The molecule has 0 saturated carbocycles. The van der Waals surface area contributed by atoms with Crippen LogP contribution in [-0.4, -0.2) is 12.4 Å². The molecule has 21 heavy (non-hydrogen) atoms. The first-order valence-electron chi connectivity index (χ1n) is 6.40. The molecule has 0 aromatic heterocycles. The van der Waals surface area contributed by atoms with Crippen LogP contribution >= 0.6 is 0 Å². The highest BCUT2D eigenvalue weighted by Gasteiger charge is 2.09. The van der Waals surface area contributed by atoms with Gasteiger partial charge in [0, 0.05) is 5.56 Å². The van der Waals surface area contributed by atoms with Gasteiger partial charge in [-0.1, -0.05) is 31.2 Å². The molecule has 0 N–H and O–H groups in total. The van der Waals surface area contributed by atoms with Gasteiger partial charge in [0.25, 0.3) is 0 Å². The van der Waals surface area contributed by atoms with Gasteiger partial charge in [0.1, 0.15) is 0 Å². The summed E-state index contributed by atoms with van der Waals surface area (Å²) in [5.74, 6) is -4.00. The van der Waals surface area contributed by atoms with E-state index in [-0.39, 0.29) is 5.56 Å². The Hall–Kier alpha value is -2.43. The summed E-state index contributed by atoms with van der Waals surface area (Å²) in [4.78, 5) is 0. The maximum atomic E-state index is 13.0. The molecule has 0 fully saturated rings. The van der Waals surface area contributed by atoms with Crippen LogP contribution in [0.25, 0.3) is 0 Å². The smallest absolute Gasteiger partial charge is 0.194 e. The van der Waals surface area contributed by atoms with Crippen LogP contribution in [0.1, 0.15) is 23.6 Å². The maximum absolute atomic E-state index is 13.0. The highest BCUT2D eigenvalue weighted by molar-refractivity contribution is 5.82. The van der Waals surface area contributed by atoms with Gasteiger partial charge in [-0.2, -0.15) is 10.2 Å². The molecule has 0 bridgehead atoms. The van der Waals surface area contributed by atoms with Crippen LogP contribution in [0.2, 0.25) is 0 Å². The van der Waals surface area contributed by atoms with Crippen molar-refractivity contribution in [2.24, 2.45) is 10.2 Å². The Labute approximate surface area is 120 Å². The zero-order chi connectivity index (χ0) is 15.2. The highest BCUT2D eigenvalue weighted by atomic mass is 19.2. The lowest BCUT2D eigenvalue weighted by Gasteiger charge is -1.97. The van der Waals surface area contributed by atoms with E-state index in [9.17, 15) is 13.2 Å². The average molecular weight is 290 g/mol. The minimum atomic E-state index is -1.49. The molecule has 2 aromatic carbocycles. The van der Waals surface area contributed by atoms with Gasteiger partial charge in [-0.05, 0) is 29.7 Å². The summed E-state index contributed by atoms with van der Waals surface area (Å²) in [6.45, 7) is 2.06. The first kappa shape index (κ1) is 15.0. The predicted octanol–water partition coefficient (Wildman–Crippen LogP) is 4.12. The van der Waals surface area contributed by atoms with Gasteiger partial charge < -0.3 is 0 Å². The Morgan fingerprint density at radius 1 is 0.857 bits per heavy atom. The third-order valence-electron chi connectivity index (χ3n) is 2.87. The second-order valence-electron chi connectivity index (χ2n) is 4.38. The summed E-state index contributed by atoms with van der Waals surface area (Å²) >= 11 is 0. The number of hydrogen-bond donors (Lipinski definition) is 0. The fraction of sp³-hybridized carbons (Fsp3) is 0.125. The van der Waals surface area contributed by atoms with Crippen LogP contribution < -0.4 is 0 Å². The van der Waals surface area contributed by atoms with Gasteiger partial charge in [-0.3, -0.25) is 0 Å². The molecule has 0 amide bonds. The van der Waals surface area contributed by atoms with E-state index in [0.717, 1.165) is 30.3 Å². The zero-order valence-electron chi connectivity index (χ0n) is 11.4. The lowest BCUT2D eigenvalue weighted by atomic mass is 10.1. The minimum absolute atomic E-state index is 0.102. The van der Waals surface area contributed by atoms with E-state index in [1.165, 1.54) is 11.8 Å². The van der Waals surface area contributed by atoms with Gasteiger partial charge in [0.15, 0.2) is 17.5 Å². The first-order valence-corrected chi connectivity index (χ1v) is 6.40. The van der Waals surface area contributed by atoms with E-state index in [1.807, 2.05) is 24.3 Å². The molecule has 0 unspecified atom stereocenters. The minimum Gasteiger partial charge on any atom is -0.204 e. The molecule has 0 radical (unpaired) electrons. The molecule has 0 aliphatic rings. The van der Waals surface area contributed by atoms with Crippen molar-refractivity contribution >= 4 is 12.4 Å². The van der Waals surface area contributed by atoms with Crippen LogP contribution in [0, 0.1) is 17.5 Å². The Bertz CT molecular complexity index is 653. The molecule has 2 aromatic rings. The Kier molecular flexibility index (Phi) is 4.87. The van der Waals surface area contributed by atoms with Crippen LogP contribution in [0.5, 0.6) is 0 Å². The zero-order valence-corrected chi connectivity index (χ0v) is 11.4. The number of hydrogen-bond acceptors (Lipinski definition) is 2. The predicted molar refractivity (Wildman–Crippen MR) is 77.3 cm³/mol. The molecule has 0 atom stereocenters. The van der Waals surface area contributed by atoms with E-state index in [1.54, 1.807) is 0 Å². The maximum Gasteiger partial charge on any atom is 0.194 e. The summed E-state index contributed by atoms with van der Waals surface area (Å²) in [6, 6.07) is 9.47. The van der Waals surface area contributed by atoms with Gasteiger partial charge in [-0.15, -0.1) is 0 Å². The van der Waals surface area contributed by atoms with Crippen molar-refractivity contribution in [2.45, 2.75) is 13.3 Å². The van der Waals surface area contributed by atoms with Gasteiger partial charge >= 0.3 is 0 Å². The molecule has 0 heterocycles. The molecule has 0 saturated heterocycles. The van der Waals surface area contributed by atoms with Crippen molar-refractivity contribution in [2.75, 3.05) is 0 Å². The Balaban J connectivity index is 2.06. The molecule has 2 rings (SSSR count). The van der Waals surface area contributed by atoms with E-state index >= 15 is 0 Å². The van der Waals surface area contributed by atoms with E-state index in [0.29, 0.717) is 0 Å². The molecular formula is C16H13F3N2. The fourth-order valence-corrected chi connectivity index (χ4v) is 1.69. The number of aryl methyl sites for hydroxylation is 1. The number of benzene rings is 2. The second kappa shape index (κ2) is 6.83. The molecular weight excluding hydrogens is 277 g/mol. The van der Waals surface area contributed by atoms with Crippen LogP contribution in [0.3, 0.4) is 0 Å². The van der Waals surface area contributed by atoms with E-state index in [4.69, 9.17) is 0 Å². The monoisotopic (exact) mass is 290 g/mol.